The molecule has 0 aliphatic carbocycles. The van der Waals surface area contributed by atoms with E-state index in [0.717, 1.165) is 0 Å². The molecule has 0 aromatic heterocycles. The van der Waals surface area contributed by atoms with Crippen LogP contribution < -0.4 is 0 Å². The van der Waals surface area contributed by atoms with Crippen molar-refractivity contribution in [3.05, 3.63) is 0 Å². The zero-order valence-corrected chi connectivity index (χ0v) is 9.78. The summed E-state index contributed by atoms with van der Waals surface area (Å²) in [4.78, 5) is 31.8. The number of carbonyl (C=O) groups excluding carboxylic acids is 2. The molecule has 1 N–H and O–H groups in total. The van der Waals surface area contributed by atoms with Crippen LogP contribution in [0, 0.1) is 0 Å². The maximum Gasteiger partial charge on any atom is 0.418 e. The molecule has 2 rings (SSSR count). The van der Waals surface area contributed by atoms with E-state index >= 15 is 0 Å². The predicted molar refractivity (Wildman–Crippen MR) is 53.2 cm³/mol. The minimum atomic E-state index is -4.18. The van der Waals surface area contributed by atoms with E-state index in [2.05, 4.69) is 9.47 Å². The molecule has 0 unspecified atom stereocenters. The smallest absolute Gasteiger partial charge is 0.418 e. The van der Waals surface area contributed by atoms with Crippen LogP contribution in [0.4, 0.5) is 9.59 Å². The van der Waals surface area contributed by atoms with E-state index in [-0.39, 0.29) is 38.7 Å². The summed E-state index contributed by atoms with van der Waals surface area (Å²) in [6, 6.07) is 0. The lowest BCUT2D eigenvalue weighted by Crippen LogP contribution is -2.32. The van der Waals surface area contributed by atoms with Gasteiger partial charge in [-0.15, -0.1) is 12.4 Å². The molecule has 8 nitrogen and oxygen atoms in total. The number of cyclic esters (lactones) is 2. The van der Waals surface area contributed by atoms with Gasteiger partial charge in [0, 0.05) is 0 Å². The molecule has 2 saturated heterocycles. The Morgan fingerprint density at radius 1 is 1.06 bits per heavy atom. The van der Waals surface area contributed by atoms with Crippen molar-refractivity contribution in [2.24, 2.45) is 0 Å². The molecule has 92 valence electrons. The Kier molecular flexibility index (Phi) is 3.67. The largest absolute Gasteiger partial charge is 0.447 e. The highest BCUT2D eigenvalue weighted by molar-refractivity contribution is 7.54. The topological polar surface area (TPSA) is 96.4 Å². The van der Waals surface area contributed by atoms with Crippen molar-refractivity contribution in [3.63, 3.8) is 0 Å². The summed E-state index contributed by atoms with van der Waals surface area (Å²) in [5.41, 5.74) is 0. The highest BCUT2D eigenvalue weighted by atomic mass is 35.5. The van der Waals surface area contributed by atoms with Crippen LogP contribution in [0.2, 0.25) is 0 Å². The van der Waals surface area contributed by atoms with Crippen LogP contribution in [0.5, 0.6) is 0 Å². The van der Waals surface area contributed by atoms with Crippen LogP contribution in [-0.4, -0.2) is 52.7 Å². The number of halogens is 1. The fourth-order valence-corrected chi connectivity index (χ4v) is 2.86. The van der Waals surface area contributed by atoms with Crippen molar-refractivity contribution in [2.45, 2.75) is 0 Å². The molecule has 2 aliphatic heterocycles. The zero-order valence-electron chi connectivity index (χ0n) is 8.07. The van der Waals surface area contributed by atoms with Gasteiger partial charge in [0.2, 0.25) is 0 Å². The second-order valence-electron chi connectivity index (χ2n) is 2.99. The lowest BCUT2D eigenvalue weighted by Gasteiger charge is -2.25. The van der Waals surface area contributed by atoms with E-state index < -0.39 is 19.9 Å². The second kappa shape index (κ2) is 4.48. The van der Waals surface area contributed by atoms with Gasteiger partial charge in [-0.25, -0.2) is 23.5 Å². The van der Waals surface area contributed by atoms with E-state index in [1.807, 2.05) is 0 Å². The van der Waals surface area contributed by atoms with Crippen LogP contribution in [0.3, 0.4) is 0 Å². The Morgan fingerprint density at radius 3 is 1.69 bits per heavy atom. The average molecular weight is 273 g/mol. The first-order valence-corrected chi connectivity index (χ1v) is 5.82. The molecule has 0 atom stereocenters. The second-order valence-corrected chi connectivity index (χ2v) is 4.98. The Hall–Kier alpha value is -0.980. The number of carbonyl (C=O) groups is 2. The zero-order chi connectivity index (χ0) is 11.1. The molecule has 2 fully saturated rings. The fraction of sp³-hybridized carbons (Fsp3) is 0.667. The van der Waals surface area contributed by atoms with Crippen LogP contribution in [0.15, 0.2) is 0 Å². The summed E-state index contributed by atoms with van der Waals surface area (Å²) in [5, 5.41) is 0. The number of ether oxygens (including phenoxy) is 2. The van der Waals surface area contributed by atoms with Crippen molar-refractivity contribution in [3.8, 4) is 0 Å². The van der Waals surface area contributed by atoms with E-state index in [9.17, 15) is 19.0 Å². The third kappa shape index (κ3) is 1.95. The SMILES string of the molecule is Cl.O=C1OCCN1P(=O)(O)N1CCOC1=O. The lowest BCUT2D eigenvalue weighted by atomic mass is 10.7. The third-order valence-electron chi connectivity index (χ3n) is 2.11. The normalized spacial score (nSPS) is 20.6. The number of rotatable bonds is 2. The van der Waals surface area contributed by atoms with Crippen molar-refractivity contribution < 1.29 is 28.5 Å². The first-order valence-electron chi connectivity index (χ1n) is 4.26. The molecule has 2 heterocycles. The molecule has 0 spiro atoms. The summed E-state index contributed by atoms with van der Waals surface area (Å²) >= 11 is 0. The highest BCUT2D eigenvalue weighted by Crippen LogP contribution is 2.51. The molecule has 0 saturated carbocycles. The Balaban J connectivity index is 0.00000128. The van der Waals surface area contributed by atoms with Gasteiger partial charge in [0.05, 0.1) is 13.1 Å². The van der Waals surface area contributed by atoms with Gasteiger partial charge in [-0.05, 0) is 0 Å². The van der Waals surface area contributed by atoms with Crippen LogP contribution in [0.1, 0.15) is 0 Å². The van der Waals surface area contributed by atoms with Crippen molar-refractivity contribution >= 4 is 32.3 Å². The molecule has 0 aromatic rings. The standard InChI is InChI=1S/C6H9N2O6P.ClH/c9-5-7(1-3-13-5)15(11,12)8-2-4-14-6(8)10;/h1-4H2,(H,11,12);1H. The summed E-state index contributed by atoms with van der Waals surface area (Å²) in [5.74, 6) is 0. The Morgan fingerprint density at radius 2 is 1.44 bits per heavy atom. The number of hydrogen-bond donors (Lipinski definition) is 1. The van der Waals surface area contributed by atoms with Gasteiger partial charge in [-0.3, -0.25) is 0 Å². The maximum atomic E-state index is 11.8. The Labute approximate surface area is 97.1 Å². The molecule has 0 radical (unpaired) electrons. The molecule has 16 heavy (non-hydrogen) atoms. The third-order valence-corrected chi connectivity index (χ3v) is 4.09. The molecule has 0 aromatic carbocycles. The molecule has 2 aliphatic rings. The van der Waals surface area contributed by atoms with Crippen LogP contribution in [0.25, 0.3) is 0 Å². The van der Waals surface area contributed by atoms with Crippen molar-refractivity contribution in [2.75, 3.05) is 26.3 Å². The molecule has 0 bridgehead atoms. The van der Waals surface area contributed by atoms with Crippen molar-refractivity contribution in [1.82, 2.24) is 9.34 Å². The molecular formula is C6H10ClN2O6P. The first kappa shape index (κ1) is 13.1. The van der Waals surface area contributed by atoms with Crippen molar-refractivity contribution in [1.29, 1.82) is 0 Å². The van der Waals surface area contributed by atoms with Gasteiger partial charge in [-0.1, -0.05) is 0 Å². The summed E-state index contributed by atoms with van der Waals surface area (Å²) in [6.07, 6.45) is -1.78. The quantitative estimate of drug-likeness (QED) is 0.732. The first-order chi connectivity index (χ1) is 7.03. The minimum Gasteiger partial charge on any atom is -0.447 e. The summed E-state index contributed by atoms with van der Waals surface area (Å²) < 4.78 is 22.2. The predicted octanol–water partition coefficient (Wildman–Crippen LogP) is 0.413. The number of amides is 2. The molecule has 10 heteroatoms. The minimum absolute atomic E-state index is 0. The average Bonchev–Trinajstić information content (AvgIpc) is 2.73. The van der Waals surface area contributed by atoms with Crippen LogP contribution >= 0.6 is 20.1 Å². The number of nitrogens with zero attached hydrogens (tertiary/aromatic N) is 2. The summed E-state index contributed by atoms with van der Waals surface area (Å²) in [7, 11) is -4.18. The van der Waals surface area contributed by atoms with Gasteiger partial charge >= 0.3 is 19.9 Å². The highest BCUT2D eigenvalue weighted by Gasteiger charge is 2.47. The Bertz CT molecular complexity index is 333. The van der Waals surface area contributed by atoms with E-state index in [1.54, 1.807) is 0 Å². The van der Waals surface area contributed by atoms with E-state index in [1.165, 1.54) is 0 Å². The van der Waals surface area contributed by atoms with Gasteiger partial charge in [0.1, 0.15) is 13.2 Å². The monoisotopic (exact) mass is 272 g/mol. The van der Waals surface area contributed by atoms with Gasteiger partial charge in [0.15, 0.2) is 0 Å². The van der Waals surface area contributed by atoms with E-state index in [0.29, 0.717) is 9.34 Å². The summed E-state index contributed by atoms with van der Waals surface area (Å²) in [6.45, 7) is 0.0886. The van der Waals surface area contributed by atoms with Gasteiger partial charge in [0.25, 0.3) is 0 Å². The fourth-order valence-electron chi connectivity index (χ4n) is 1.37. The van der Waals surface area contributed by atoms with E-state index in [4.69, 9.17) is 0 Å². The molecular weight excluding hydrogens is 263 g/mol. The number of hydrogen-bond acceptors (Lipinski definition) is 5. The van der Waals surface area contributed by atoms with Gasteiger partial charge in [-0.2, -0.15) is 0 Å². The van der Waals surface area contributed by atoms with Crippen LogP contribution in [-0.2, 0) is 14.0 Å². The molecule has 2 amide bonds. The maximum absolute atomic E-state index is 11.8. The lowest BCUT2D eigenvalue weighted by molar-refractivity contribution is 0.161. The van der Waals surface area contributed by atoms with Gasteiger partial charge < -0.3 is 14.4 Å².